The number of amides is 2. The van der Waals surface area contributed by atoms with Gasteiger partial charge >= 0.3 is 18.0 Å². The molecule has 0 aromatic rings. The highest BCUT2D eigenvalue weighted by molar-refractivity contribution is 5.84. The third-order valence-electron chi connectivity index (χ3n) is 1.60. The van der Waals surface area contributed by atoms with Crippen LogP contribution < -0.4 is 5.32 Å². The second-order valence-electron chi connectivity index (χ2n) is 3.72. The monoisotopic (exact) mass is 232 g/mol. The molecular weight excluding hydrogens is 216 g/mol. The highest BCUT2D eigenvalue weighted by Crippen LogP contribution is 1.93. The summed E-state index contributed by atoms with van der Waals surface area (Å²) in [4.78, 5) is 33.0. The molecule has 0 unspecified atom stereocenters. The Labute approximate surface area is 93.0 Å². The molecule has 0 aliphatic heterocycles. The van der Waals surface area contributed by atoms with Crippen molar-refractivity contribution in [1.82, 2.24) is 10.2 Å². The highest BCUT2D eigenvalue weighted by atomic mass is 16.4. The number of rotatable bonds is 6. The Morgan fingerprint density at radius 3 is 1.88 bits per heavy atom. The molecule has 0 aromatic carbocycles. The zero-order valence-corrected chi connectivity index (χ0v) is 9.27. The standard InChI is InChI=1S/C9H16N2O5/c1-6(2)3-10-9(16)11(4-7(12)13)5-8(14)15/h6H,3-5H2,1-2H3,(H,10,16)(H,12,13)(H,14,15). The Morgan fingerprint density at radius 1 is 1.12 bits per heavy atom. The lowest BCUT2D eigenvalue weighted by Crippen LogP contribution is -2.46. The molecule has 92 valence electrons. The maximum absolute atomic E-state index is 11.4. The Morgan fingerprint density at radius 2 is 1.56 bits per heavy atom. The molecular formula is C9H16N2O5. The van der Waals surface area contributed by atoms with Crippen LogP contribution in [0.25, 0.3) is 0 Å². The summed E-state index contributed by atoms with van der Waals surface area (Å²) >= 11 is 0. The first-order chi connectivity index (χ1) is 7.32. The van der Waals surface area contributed by atoms with Crippen LogP contribution in [-0.2, 0) is 9.59 Å². The normalized spacial score (nSPS) is 9.94. The lowest BCUT2D eigenvalue weighted by molar-refractivity contribution is -0.140. The lowest BCUT2D eigenvalue weighted by atomic mass is 10.2. The first-order valence-corrected chi connectivity index (χ1v) is 4.79. The van der Waals surface area contributed by atoms with Crippen LogP contribution in [-0.4, -0.2) is 52.7 Å². The molecule has 7 nitrogen and oxygen atoms in total. The molecule has 0 aromatic heterocycles. The van der Waals surface area contributed by atoms with Crippen LogP contribution in [0.2, 0.25) is 0 Å². The predicted molar refractivity (Wildman–Crippen MR) is 55.1 cm³/mol. The third-order valence-corrected chi connectivity index (χ3v) is 1.60. The van der Waals surface area contributed by atoms with Crippen molar-refractivity contribution < 1.29 is 24.6 Å². The molecule has 0 saturated heterocycles. The van der Waals surface area contributed by atoms with Crippen LogP contribution in [0.3, 0.4) is 0 Å². The summed E-state index contributed by atoms with van der Waals surface area (Å²) in [7, 11) is 0. The third kappa shape index (κ3) is 6.63. The predicted octanol–water partition coefficient (Wildman–Crippen LogP) is -0.177. The van der Waals surface area contributed by atoms with Crippen molar-refractivity contribution in [3.05, 3.63) is 0 Å². The number of nitrogens with one attached hydrogen (secondary N) is 1. The molecule has 0 aliphatic rings. The van der Waals surface area contributed by atoms with Crippen LogP contribution in [0.15, 0.2) is 0 Å². The first kappa shape index (κ1) is 14.2. The van der Waals surface area contributed by atoms with Gasteiger partial charge in [0.25, 0.3) is 0 Å². The van der Waals surface area contributed by atoms with E-state index in [0.29, 0.717) is 6.54 Å². The van der Waals surface area contributed by atoms with Gasteiger partial charge in [-0.25, -0.2) is 4.79 Å². The van der Waals surface area contributed by atoms with Crippen molar-refractivity contribution in [2.24, 2.45) is 5.92 Å². The SMILES string of the molecule is CC(C)CNC(=O)N(CC(=O)O)CC(=O)O. The van der Waals surface area contributed by atoms with E-state index in [1.54, 1.807) is 0 Å². The summed E-state index contributed by atoms with van der Waals surface area (Å²) in [5.41, 5.74) is 0. The number of hydrogen-bond donors (Lipinski definition) is 3. The van der Waals surface area contributed by atoms with Gasteiger partial charge in [-0.05, 0) is 5.92 Å². The summed E-state index contributed by atoms with van der Waals surface area (Å²) in [6.45, 7) is 2.86. The Hall–Kier alpha value is -1.79. The van der Waals surface area contributed by atoms with E-state index in [9.17, 15) is 14.4 Å². The van der Waals surface area contributed by atoms with Crippen LogP contribution in [0.5, 0.6) is 0 Å². The highest BCUT2D eigenvalue weighted by Gasteiger charge is 2.19. The van der Waals surface area contributed by atoms with Crippen LogP contribution in [0.1, 0.15) is 13.8 Å². The van der Waals surface area contributed by atoms with Gasteiger partial charge in [-0.15, -0.1) is 0 Å². The smallest absolute Gasteiger partial charge is 0.323 e. The number of urea groups is 1. The average molecular weight is 232 g/mol. The minimum atomic E-state index is -1.25. The Kier molecular flexibility index (Phi) is 5.91. The van der Waals surface area contributed by atoms with Crippen molar-refractivity contribution in [3.63, 3.8) is 0 Å². The second-order valence-corrected chi connectivity index (χ2v) is 3.72. The summed E-state index contributed by atoms with van der Waals surface area (Å²) < 4.78 is 0. The summed E-state index contributed by atoms with van der Waals surface area (Å²) in [6.07, 6.45) is 0. The molecule has 0 fully saturated rings. The Balaban J connectivity index is 4.31. The number of carboxylic acids is 2. The summed E-state index contributed by atoms with van der Waals surface area (Å²) in [5, 5.41) is 19.5. The van der Waals surface area contributed by atoms with Gasteiger partial charge in [0.2, 0.25) is 0 Å². The van der Waals surface area contributed by atoms with Gasteiger partial charge < -0.3 is 20.4 Å². The molecule has 3 N–H and O–H groups in total. The molecule has 2 amide bonds. The fraction of sp³-hybridized carbons (Fsp3) is 0.667. The van der Waals surface area contributed by atoms with Crippen LogP contribution in [0.4, 0.5) is 4.79 Å². The van der Waals surface area contributed by atoms with Gasteiger partial charge in [0.05, 0.1) is 0 Å². The molecule has 0 heterocycles. The van der Waals surface area contributed by atoms with E-state index in [2.05, 4.69) is 5.32 Å². The topological polar surface area (TPSA) is 107 Å². The molecule has 0 radical (unpaired) electrons. The van der Waals surface area contributed by atoms with E-state index in [0.717, 1.165) is 4.90 Å². The average Bonchev–Trinajstić information content (AvgIpc) is 2.11. The van der Waals surface area contributed by atoms with E-state index >= 15 is 0 Å². The van der Waals surface area contributed by atoms with Gasteiger partial charge in [-0.1, -0.05) is 13.8 Å². The van der Waals surface area contributed by atoms with Crippen molar-refractivity contribution in [2.45, 2.75) is 13.8 Å². The first-order valence-electron chi connectivity index (χ1n) is 4.79. The molecule has 16 heavy (non-hydrogen) atoms. The number of nitrogens with zero attached hydrogens (tertiary/aromatic N) is 1. The van der Waals surface area contributed by atoms with E-state index in [1.165, 1.54) is 0 Å². The largest absolute Gasteiger partial charge is 0.480 e. The molecule has 0 saturated carbocycles. The molecule has 0 spiro atoms. The van der Waals surface area contributed by atoms with Gasteiger partial charge in [0, 0.05) is 6.54 Å². The van der Waals surface area contributed by atoms with Crippen molar-refractivity contribution >= 4 is 18.0 Å². The van der Waals surface area contributed by atoms with E-state index in [1.807, 2.05) is 13.8 Å². The lowest BCUT2D eigenvalue weighted by Gasteiger charge is -2.19. The van der Waals surface area contributed by atoms with Gasteiger partial charge in [-0.3, -0.25) is 9.59 Å². The van der Waals surface area contributed by atoms with Gasteiger partial charge in [-0.2, -0.15) is 0 Å². The number of aliphatic carboxylic acids is 2. The van der Waals surface area contributed by atoms with Crippen molar-refractivity contribution in [3.8, 4) is 0 Å². The maximum Gasteiger partial charge on any atom is 0.323 e. The van der Waals surface area contributed by atoms with Crippen LogP contribution in [0, 0.1) is 5.92 Å². The molecule has 0 atom stereocenters. The van der Waals surface area contributed by atoms with E-state index in [-0.39, 0.29) is 5.92 Å². The molecule has 0 aliphatic carbocycles. The van der Waals surface area contributed by atoms with Crippen LogP contribution >= 0.6 is 0 Å². The maximum atomic E-state index is 11.4. The summed E-state index contributed by atoms with van der Waals surface area (Å²) in [6, 6.07) is -0.682. The molecule has 0 rings (SSSR count). The number of hydrogen-bond acceptors (Lipinski definition) is 3. The van der Waals surface area contributed by atoms with E-state index < -0.39 is 31.1 Å². The van der Waals surface area contributed by atoms with E-state index in [4.69, 9.17) is 10.2 Å². The Bertz CT molecular complexity index is 261. The number of carbonyl (C=O) groups is 3. The van der Waals surface area contributed by atoms with Crippen molar-refractivity contribution in [2.75, 3.05) is 19.6 Å². The summed E-state index contributed by atoms with van der Waals surface area (Å²) in [5.74, 6) is -2.29. The second kappa shape index (κ2) is 6.65. The number of carboxylic acid groups (broad SMARTS) is 2. The fourth-order valence-corrected chi connectivity index (χ4v) is 0.929. The zero-order valence-electron chi connectivity index (χ0n) is 9.27. The fourth-order valence-electron chi connectivity index (χ4n) is 0.929. The minimum Gasteiger partial charge on any atom is -0.480 e. The van der Waals surface area contributed by atoms with Gasteiger partial charge in [0.1, 0.15) is 13.1 Å². The zero-order chi connectivity index (χ0) is 12.7. The quantitative estimate of drug-likeness (QED) is 0.589. The van der Waals surface area contributed by atoms with Crippen molar-refractivity contribution in [1.29, 1.82) is 0 Å². The molecule has 0 bridgehead atoms. The number of carbonyl (C=O) groups excluding carboxylic acids is 1. The minimum absolute atomic E-state index is 0.209. The van der Waals surface area contributed by atoms with Gasteiger partial charge in [0.15, 0.2) is 0 Å². The molecule has 7 heteroatoms.